The van der Waals surface area contributed by atoms with E-state index in [1.807, 2.05) is 0 Å². The lowest BCUT2D eigenvalue weighted by atomic mass is 10.0. The minimum absolute atomic E-state index is 0.00631. The highest BCUT2D eigenvalue weighted by atomic mass is 32.2. The molecule has 0 spiro atoms. The molecule has 0 bridgehead atoms. The van der Waals surface area contributed by atoms with Crippen LogP contribution in [-0.4, -0.2) is 72.3 Å². The molecule has 2 aromatic heterocycles. The molecule has 0 saturated carbocycles. The minimum Gasteiger partial charge on any atom is -0.394 e. The van der Waals surface area contributed by atoms with Crippen LogP contribution in [0.5, 0.6) is 0 Å². The van der Waals surface area contributed by atoms with E-state index in [0.717, 1.165) is 27.8 Å². The van der Waals surface area contributed by atoms with Crippen LogP contribution in [0.1, 0.15) is 22.2 Å². The zero-order chi connectivity index (χ0) is 20.0. The fraction of sp³-hybridized carbons (Fsp3) is 0.533. The molecule has 3 rings (SSSR count). The zero-order valence-electron chi connectivity index (χ0n) is 14.4. The third-order valence-electron chi connectivity index (χ3n) is 4.35. The molecule has 2 aromatic rings. The average molecular weight is 417 g/mol. The van der Waals surface area contributed by atoms with Crippen LogP contribution in [-0.2, 0) is 4.74 Å². The van der Waals surface area contributed by atoms with Crippen molar-refractivity contribution in [2.45, 2.75) is 48.9 Å². The smallest absolute Gasteiger partial charge is 0.281 e. The van der Waals surface area contributed by atoms with E-state index in [1.165, 1.54) is 6.92 Å². The van der Waals surface area contributed by atoms with Crippen molar-refractivity contribution in [2.75, 3.05) is 12.4 Å². The number of carbonyl (C=O) groups excluding carboxylic acids is 1. The highest BCUT2D eigenvalue weighted by Crippen LogP contribution is 2.34. The first-order chi connectivity index (χ1) is 12.7. The lowest BCUT2D eigenvalue weighted by Crippen LogP contribution is -2.57. The van der Waals surface area contributed by atoms with Crippen LogP contribution < -0.4 is 11.4 Å². The van der Waals surface area contributed by atoms with E-state index < -0.39 is 42.0 Å². The summed E-state index contributed by atoms with van der Waals surface area (Å²) in [6, 6.07) is 0. The second-order valence-corrected chi connectivity index (χ2v) is 8.24. The lowest BCUT2D eigenvalue weighted by Gasteiger charge is -2.39. The molecule has 0 aliphatic carbocycles. The summed E-state index contributed by atoms with van der Waals surface area (Å²) in [5.41, 5.74) is -1.19. The third kappa shape index (κ3) is 3.38. The Morgan fingerprint density at radius 3 is 2.59 bits per heavy atom. The van der Waals surface area contributed by atoms with Crippen LogP contribution in [0.2, 0.25) is 0 Å². The Bertz CT molecular complexity index is 942. The molecular weight excluding hydrogens is 398 g/mol. The molecule has 1 aliphatic rings. The van der Waals surface area contributed by atoms with Crippen molar-refractivity contribution in [3.05, 3.63) is 20.8 Å². The highest BCUT2D eigenvalue weighted by Gasteiger charge is 2.44. The first-order valence-electron chi connectivity index (χ1n) is 7.96. The van der Waals surface area contributed by atoms with Crippen molar-refractivity contribution in [3.8, 4) is 0 Å². The van der Waals surface area contributed by atoms with Gasteiger partial charge >= 0.3 is 0 Å². The molecule has 0 unspecified atom stereocenters. The molecule has 12 heteroatoms. The summed E-state index contributed by atoms with van der Waals surface area (Å²) in [6.45, 7) is 2.46. The number of aliphatic hydroxyl groups is 4. The average Bonchev–Trinajstić information content (AvgIpc) is 2.96. The van der Waals surface area contributed by atoms with Crippen LogP contribution in [0.25, 0.3) is 10.2 Å². The Labute approximate surface area is 161 Å². The molecule has 0 aromatic carbocycles. The van der Waals surface area contributed by atoms with Crippen molar-refractivity contribution < 1.29 is 30.0 Å². The van der Waals surface area contributed by atoms with Gasteiger partial charge in [-0.2, -0.15) is 0 Å². The molecule has 1 saturated heterocycles. The molecule has 148 valence electrons. The number of nitrogen functional groups attached to an aromatic ring is 1. The molecule has 0 amide bonds. The number of rotatable bonds is 4. The number of aryl methyl sites for hydroxylation is 1. The maximum absolute atomic E-state index is 12.6. The Morgan fingerprint density at radius 1 is 1.33 bits per heavy atom. The van der Waals surface area contributed by atoms with Crippen LogP contribution in [0.3, 0.4) is 0 Å². The minimum atomic E-state index is -1.55. The molecule has 5 atom stereocenters. The number of ether oxygens (including phenoxy) is 1. The molecule has 1 fully saturated rings. The number of carbonyl (C=O) groups is 1. The van der Waals surface area contributed by atoms with Gasteiger partial charge < -0.3 is 31.0 Å². The van der Waals surface area contributed by atoms with E-state index in [0.29, 0.717) is 15.3 Å². The number of Topliss-reactive ketones (excluding diaryl/α,β-unsaturated/α-hetero) is 1. The van der Waals surface area contributed by atoms with Gasteiger partial charge in [-0.1, -0.05) is 11.8 Å². The molecule has 10 nitrogen and oxygen atoms in total. The molecule has 0 radical (unpaired) electrons. The number of fused-ring (bicyclic) bond motifs is 1. The van der Waals surface area contributed by atoms with Gasteiger partial charge in [0.2, 0.25) is 0 Å². The number of nitrogens with two attached hydrogens (primary N) is 1. The van der Waals surface area contributed by atoms with E-state index in [1.54, 1.807) is 6.92 Å². The topological polar surface area (TPSA) is 168 Å². The fourth-order valence-electron chi connectivity index (χ4n) is 2.86. The number of ketones is 1. The van der Waals surface area contributed by atoms with Gasteiger partial charge in [-0.25, -0.2) is 9.66 Å². The second-order valence-electron chi connectivity index (χ2n) is 6.18. The van der Waals surface area contributed by atoms with E-state index in [9.17, 15) is 30.0 Å². The maximum Gasteiger partial charge on any atom is 0.281 e. The normalized spacial score (nSPS) is 28.6. The number of thioether (sulfide) groups is 1. The van der Waals surface area contributed by atoms with E-state index in [-0.39, 0.29) is 16.3 Å². The van der Waals surface area contributed by atoms with Crippen molar-refractivity contribution in [2.24, 2.45) is 0 Å². The van der Waals surface area contributed by atoms with Gasteiger partial charge in [-0.15, -0.1) is 11.3 Å². The van der Waals surface area contributed by atoms with Gasteiger partial charge in [0, 0.05) is 0 Å². The van der Waals surface area contributed by atoms with Gasteiger partial charge in [0.1, 0.15) is 34.7 Å². The van der Waals surface area contributed by atoms with Crippen LogP contribution >= 0.6 is 23.1 Å². The Kier molecular flexibility index (Phi) is 5.59. The Balaban J connectivity index is 2.01. The SMILES string of the molecule is CC(=O)c1sc2nc(S[C@@H]3O[C@H](CO)[C@@H](O)[C@H](O)[C@H]3O)n(N)c(=O)c2c1C. The van der Waals surface area contributed by atoms with Gasteiger partial charge in [0.15, 0.2) is 10.9 Å². The number of hydrogen-bond acceptors (Lipinski definition) is 11. The quantitative estimate of drug-likeness (QED) is 0.226. The first kappa shape index (κ1) is 20.2. The number of aromatic nitrogens is 2. The first-order valence-corrected chi connectivity index (χ1v) is 9.66. The van der Waals surface area contributed by atoms with Gasteiger partial charge in [0.25, 0.3) is 5.56 Å². The summed E-state index contributed by atoms with van der Waals surface area (Å²) in [5, 5.41) is 39.4. The summed E-state index contributed by atoms with van der Waals surface area (Å²) < 4.78 is 6.18. The third-order valence-corrected chi connectivity index (χ3v) is 6.76. The van der Waals surface area contributed by atoms with Crippen molar-refractivity contribution in [1.82, 2.24) is 9.66 Å². The summed E-state index contributed by atoms with van der Waals surface area (Å²) in [6.07, 6.45) is -5.63. The van der Waals surface area contributed by atoms with Gasteiger partial charge in [0.05, 0.1) is 16.9 Å². The number of thiophene rings is 1. The molecule has 1 aliphatic heterocycles. The Hall–Kier alpha value is -1.54. The van der Waals surface area contributed by atoms with Crippen molar-refractivity contribution in [1.29, 1.82) is 0 Å². The monoisotopic (exact) mass is 417 g/mol. The van der Waals surface area contributed by atoms with E-state index in [4.69, 9.17) is 10.6 Å². The summed E-state index contributed by atoms with van der Waals surface area (Å²) in [5.74, 6) is 5.64. The highest BCUT2D eigenvalue weighted by molar-refractivity contribution is 7.99. The van der Waals surface area contributed by atoms with Gasteiger partial charge in [-0.3, -0.25) is 9.59 Å². The number of hydrogen-bond donors (Lipinski definition) is 5. The maximum atomic E-state index is 12.6. The van der Waals surface area contributed by atoms with Gasteiger partial charge in [-0.05, 0) is 19.4 Å². The Morgan fingerprint density at radius 2 is 2.00 bits per heavy atom. The van der Waals surface area contributed by atoms with E-state index in [2.05, 4.69) is 4.98 Å². The van der Waals surface area contributed by atoms with Crippen molar-refractivity contribution >= 4 is 39.1 Å². The standard InChI is InChI=1S/C15H19N3O7S2/c1-4-7-12(26-11(4)5(2)20)17-15(18(16)13(7)24)27-14-10(23)9(22)8(21)6(3-19)25-14/h6,8-10,14,19,21-23H,3,16H2,1-2H3/t6-,8-,9+,10-,14+/m1/s1. The number of aliphatic hydroxyl groups excluding tert-OH is 4. The summed E-state index contributed by atoms with van der Waals surface area (Å²) >= 11 is 1.83. The molecule has 3 heterocycles. The molecule has 6 N–H and O–H groups in total. The van der Waals surface area contributed by atoms with Crippen LogP contribution in [0, 0.1) is 6.92 Å². The second kappa shape index (κ2) is 7.47. The zero-order valence-corrected chi connectivity index (χ0v) is 16.0. The summed E-state index contributed by atoms with van der Waals surface area (Å²) in [4.78, 5) is 29.4. The molecule has 27 heavy (non-hydrogen) atoms. The fourth-order valence-corrected chi connectivity index (χ4v) is 5.04. The predicted octanol–water partition coefficient (Wildman–Crippen LogP) is -1.43. The largest absolute Gasteiger partial charge is 0.394 e. The summed E-state index contributed by atoms with van der Waals surface area (Å²) in [7, 11) is 0. The van der Waals surface area contributed by atoms with Crippen LogP contribution in [0.4, 0.5) is 0 Å². The number of nitrogens with zero attached hydrogens (tertiary/aromatic N) is 2. The lowest BCUT2D eigenvalue weighted by molar-refractivity contribution is -0.205. The molecular formula is C15H19N3O7S2. The van der Waals surface area contributed by atoms with E-state index >= 15 is 0 Å². The van der Waals surface area contributed by atoms with Crippen molar-refractivity contribution in [3.63, 3.8) is 0 Å². The van der Waals surface area contributed by atoms with Crippen LogP contribution in [0.15, 0.2) is 9.95 Å². The predicted molar refractivity (Wildman–Crippen MR) is 98.4 cm³/mol.